The molecule has 0 aliphatic carbocycles. The van der Waals surface area contributed by atoms with E-state index in [0.717, 1.165) is 12.3 Å². The summed E-state index contributed by atoms with van der Waals surface area (Å²) in [7, 11) is 0. The third kappa shape index (κ3) is 2.12. The fourth-order valence-electron chi connectivity index (χ4n) is 0.801. The van der Waals surface area contributed by atoms with Crippen molar-refractivity contribution in [2.24, 2.45) is 0 Å². The molecule has 6 nitrogen and oxygen atoms in total. The van der Waals surface area contributed by atoms with E-state index in [1.807, 2.05) is 0 Å². The predicted octanol–water partition coefficient (Wildman–Crippen LogP) is -1.02. The molecule has 6 heteroatoms. The molecule has 4 N–H and O–H groups in total. The van der Waals surface area contributed by atoms with Gasteiger partial charge in [-0.2, -0.15) is 0 Å². The second-order valence-electron chi connectivity index (χ2n) is 2.35. The summed E-state index contributed by atoms with van der Waals surface area (Å²) in [4.78, 5) is 0. The summed E-state index contributed by atoms with van der Waals surface area (Å²) >= 11 is 0. The molecular formula is C7H10N2O4. The summed E-state index contributed by atoms with van der Waals surface area (Å²) in [5, 5.41) is 28.2. The zero-order valence-electron chi connectivity index (χ0n) is 6.80. The largest absolute Gasteiger partial charge is 0.616 e. The maximum atomic E-state index is 10.7. The summed E-state index contributed by atoms with van der Waals surface area (Å²) in [6.45, 7) is -0.0982. The Morgan fingerprint density at radius 3 is 2.92 bits per heavy atom. The number of nitrogens with zero attached hydrogens (tertiary/aromatic N) is 1. The molecule has 0 saturated heterocycles. The molecule has 0 bridgehead atoms. The van der Waals surface area contributed by atoms with Crippen LogP contribution in [0.15, 0.2) is 12.3 Å². The number of rotatable bonds is 3. The molecule has 0 spiro atoms. The van der Waals surface area contributed by atoms with Crippen molar-refractivity contribution in [2.45, 2.75) is 0 Å². The Balaban J connectivity index is 2.88. The molecule has 1 aromatic rings. The van der Waals surface area contributed by atoms with Gasteiger partial charge in [-0.05, 0) is 0 Å². The highest BCUT2D eigenvalue weighted by Crippen LogP contribution is 2.22. The highest BCUT2D eigenvalue weighted by atomic mass is 16.5. The summed E-state index contributed by atoms with van der Waals surface area (Å²) in [6.07, 6.45) is 0.988. The van der Waals surface area contributed by atoms with Gasteiger partial charge in [0.1, 0.15) is 12.3 Å². The number of hydrogen-bond acceptors (Lipinski definition) is 5. The smallest absolute Gasteiger partial charge is 0.380 e. The third-order valence-corrected chi connectivity index (χ3v) is 1.38. The minimum Gasteiger partial charge on any atom is -0.616 e. The van der Waals surface area contributed by atoms with Crippen LogP contribution in [0.4, 0.5) is 5.69 Å². The first-order valence-corrected chi connectivity index (χ1v) is 3.60. The van der Waals surface area contributed by atoms with Crippen LogP contribution in [0.2, 0.25) is 0 Å². The second-order valence-corrected chi connectivity index (χ2v) is 2.35. The summed E-state index contributed by atoms with van der Waals surface area (Å²) in [5.74, 6) is -0.319. The van der Waals surface area contributed by atoms with Gasteiger partial charge < -0.3 is 25.9 Å². The van der Waals surface area contributed by atoms with Gasteiger partial charge in [-0.15, -0.1) is 4.73 Å². The van der Waals surface area contributed by atoms with Crippen LogP contribution in [0.3, 0.4) is 0 Å². The summed E-state index contributed by atoms with van der Waals surface area (Å²) in [6, 6.07) is 1.10. The highest BCUT2D eigenvalue weighted by Gasteiger charge is 2.10. The van der Waals surface area contributed by atoms with Gasteiger partial charge in [0, 0.05) is 0 Å². The van der Waals surface area contributed by atoms with E-state index < -0.39 is 5.88 Å². The molecule has 0 aliphatic heterocycles. The number of pyridine rings is 1. The van der Waals surface area contributed by atoms with Gasteiger partial charge >= 0.3 is 5.88 Å². The lowest BCUT2D eigenvalue weighted by molar-refractivity contribution is -0.612. The van der Waals surface area contributed by atoms with Crippen LogP contribution in [-0.4, -0.2) is 23.4 Å². The Morgan fingerprint density at radius 1 is 1.62 bits per heavy atom. The number of anilines is 1. The minimum atomic E-state index is -0.498. The van der Waals surface area contributed by atoms with Crippen molar-refractivity contribution >= 4 is 5.69 Å². The Morgan fingerprint density at radius 2 is 2.31 bits per heavy atom. The van der Waals surface area contributed by atoms with E-state index in [0.29, 0.717) is 0 Å². The first kappa shape index (κ1) is 9.40. The van der Waals surface area contributed by atoms with Gasteiger partial charge in [0.25, 0.3) is 0 Å². The fourth-order valence-corrected chi connectivity index (χ4v) is 0.801. The first-order chi connectivity index (χ1) is 6.15. The molecule has 0 amide bonds. The number of aromatic hydroxyl groups is 1. The van der Waals surface area contributed by atoms with Crippen molar-refractivity contribution < 1.29 is 19.7 Å². The molecule has 0 aromatic carbocycles. The molecule has 0 unspecified atom stereocenters. The van der Waals surface area contributed by atoms with Crippen molar-refractivity contribution in [3.05, 3.63) is 17.5 Å². The van der Waals surface area contributed by atoms with Crippen LogP contribution in [0, 0.1) is 5.21 Å². The molecule has 0 saturated carbocycles. The lowest BCUT2D eigenvalue weighted by atomic mass is 10.4. The maximum Gasteiger partial charge on any atom is 0.380 e. The monoisotopic (exact) mass is 186 g/mol. The second kappa shape index (κ2) is 3.81. The standard InChI is InChI=1S/C7H10N2O4/c8-5-4-9(12)7(11)3-6(5)13-2-1-10/h3-4,10-11H,1-2,8H2. The summed E-state index contributed by atoms with van der Waals surface area (Å²) in [5.41, 5.74) is 5.50. The Kier molecular flexibility index (Phi) is 2.76. The van der Waals surface area contributed by atoms with E-state index in [-0.39, 0.29) is 29.4 Å². The van der Waals surface area contributed by atoms with Crippen molar-refractivity contribution in [1.29, 1.82) is 0 Å². The quantitative estimate of drug-likeness (QED) is 0.414. The van der Waals surface area contributed by atoms with Gasteiger partial charge in [0.15, 0.2) is 5.75 Å². The number of aromatic nitrogens is 1. The minimum absolute atomic E-state index is 0.0620. The van der Waals surface area contributed by atoms with E-state index in [1.165, 1.54) is 0 Å². The van der Waals surface area contributed by atoms with E-state index in [9.17, 15) is 5.21 Å². The molecule has 0 radical (unpaired) electrons. The van der Waals surface area contributed by atoms with Crippen LogP contribution < -0.4 is 15.2 Å². The number of aliphatic hydroxyl groups is 1. The number of ether oxygens (including phenoxy) is 1. The topological polar surface area (TPSA) is 103 Å². The molecule has 72 valence electrons. The fraction of sp³-hybridized carbons (Fsp3) is 0.286. The van der Waals surface area contributed by atoms with Gasteiger partial charge in [-0.1, -0.05) is 0 Å². The average molecular weight is 186 g/mol. The molecule has 13 heavy (non-hydrogen) atoms. The molecule has 1 rings (SSSR count). The average Bonchev–Trinajstić information content (AvgIpc) is 2.09. The maximum absolute atomic E-state index is 10.7. The van der Waals surface area contributed by atoms with Gasteiger partial charge in [0.05, 0.1) is 12.7 Å². The van der Waals surface area contributed by atoms with Crippen LogP contribution in [0.25, 0.3) is 0 Å². The third-order valence-electron chi connectivity index (χ3n) is 1.38. The van der Waals surface area contributed by atoms with Crippen molar-refractivity contribution in [3.63, 3.8) is 0 Å². The number of nitrogen functional groups attached to an aromatic ring is 1. The lowest BCUT2D eigenvalue weighted by Crippen LogP contribution is -2.26. The zero-order chi connectivity index (χ0) is 9.84. The number of nitrogens with two attached hydrogens (primary N) is 1. The normalized spacial score (nSPS) is 9.92. The first-order valence-electron chi connectivity index (χ1n) is 3.60. The highest BCUT2D eigenvalue weighted by molar-refractivity contribution is 5.50. The summed E-state index contributed by atoms with van der Waals surface area (Å²) < 4.78 is 5.16. The van der Waals surface area contributed by atoms with E-state index in [4.69, 9.17) is 20.7 Å². The van der Waals surface area contributed by atoms with Gasteiger partial charge in [-0.25, -0.2) is 0 Å². The lowest BCUT2D eigenvalue weighted by Gasteiger charge is -2.07. The Bertz CT molecular complexity index is 303. The van der Waals surface area contributed by atoms with Gasteiger partial charge in [-0.3, -0.25) is 0 Å². The van der Waals surface area contributed by atoms with E-state index in [2.05, 4.69) is 0 Å². The molecule has 0 atom stereocenters. The molecule has 1 heterocycles. The van der Waals surface area contributed by atoms with Crippen LogP contribution in [0.1, 0.15) is 0 Å². The molecular weight excluding hydrogens is 176 g/mol. The van der Waals surface area contributed by atoms with Crippen LogP contribution in [0.5, 0.6) is 11.6 Å². The van der Waals surface area contributed by atoms with Crippen molar-refractivity contribution in [2.75, 3.05) is 18.9 Å². The molecule has 0 fully saturated rings. The number of hydrogen-bond donors (Lipinski definition) is 3. The van der Waals surface area contributed by atoms with E-state index in [1.54, 1.807) is 0 Å². The van der Waals surface area contributed by atoms with E-state index >= 15 is 0 Å². The predicted molar refractivity (Wildman–Crippen MR) is 44.1 cm³/mol. The molecule has 1 aromatic heterocycles. The molecule has 0 aliphatic rings. The SMILES string of the molecule is Nc1c[n+]([O-])c(O)cc1OCCO. The van der Waals surface area contributed by atoms with Crippen LogP contribution >= 0.6 is 0 Å². The Labute approximate surface area is 74.4 Å². The number of aliphatic hydroxyl groups excluding tert-OH is 1. The Hall–Kier alpha value is -1.69. The van der Waals surface area contributed by atoms with Crippen LogP contribution in [-0.2, 0) is 0 Å². The van der Waals surface area contributed by atoms with Crippen molar-refractivity contribution in [1.82, 2.24) is 0 Å². The van der Waals surface area contributed by atoms with Crippen molar-refractivity contribution in [3.8, 4) is 11.6 Å². The zero-order valence-corrected chi connectivity index (χ0v) is 6.80. The van der Waals surface area contributed by atoms with Gasteiger partial charge in [0.2, 0.25) is 6.20 Å².